The summed E-state index contributed by atoms with van der Waals surface area (Å²) in [5.74, 6) is -1.84. The average Bonchev–Trinajstić information content (AvgIpc) is 2.24. The van der Waals surface area contributed by atoms with Crippen LogP contribution in [-0.4, -0.2) is 22.3 Å². The number of fused-ring (bicyclic) bond motifs is 1. The Morgan fingerprint density at radius 2 is 2.12 bits per heavy atom. The molecule has 0 radical (unpaired) electrons. The van der Waals surface area contributed by atoms with Crippen LogP contribution in [0.5, 0.6) is 0 Å². The summed E-state index contributed by atoms with van der Waals surface area (Å²) < 4.78 is 51.4. The molecule has 2 heterocycles. The van der Waals surface area contributed by atoms with Crippen molar-refractivity contribution < 1.29 is 17.6 Å². The van der Waals surface area contributed by atoms with Gasteiger partial charge in [-0.1, -0.05) is 11.6 Å². The predicted molar refractivity (Wildman–Crippen MR) is 51.7 cm³/mol. The molecule has 2 rings (SSSR count). The smallest absolute Gasteiger partial charge is 0.355 e. The molecule has 1 aliphatic rings. The number of alkyl halides is 3. The van der Waals surface area contributed by atoms with Crippen molar-refractivity contribution in [2.24, 2.45) is 0 Å². The second kappa shape index (κ2) is 3.86. The van der Waals surface area contributed by atoms with Gasteiger partial charge in [-0.2, -0.15) is 22.5 Å². The van der Waals surface area contributed by atoms with Crippen LogP contribution >= 0.6 is 11.6 Å². The Hall–Kier alpha value is -1.31. The van der Waals surface area contributed by atoms with E-state index in [2.05, 4.69) is 10.3 Å². The van der Waals surface area contributed by atoms with E-state index in [9.17, 15) is 22.4 Å². The standard InChI is InChI=1S/C8H6ClF4N3O/c9-5-4(10)6(17)16-3(8(11,12)13)1-2-14-7(16)15-5/h3H,1-2H2,(H,14,15)/t3-/m1/s1. The van der Waals surface area contributed by atoms with Crippen LogP contribution in [0.4, 0.5) is 23.5 Å². The molecular formula is C8H6ClF4N3O. The monoisotopic (exact) mass is 271 g/mol. The first kappa shape index (κ1) is 12.2. The molecule has 17 heavy (non-hydrogen) atoms. The van der Waals surface area contributed by atoms with Gasteiger partial charge in [0.05, 0.1) is 0 Å². The second-order valence-corrected chi connectivity index (χ2v) is 3.85. The molecule has 4 nitrogen and oxygen atoms in total. The number of anilines is 1. The minimum absolute atomic E-state index is 0.0153. The van der Waals surface area contributed by atoms with Crippen LogP contribution < -0.4 is 10.9 Å². The van der Waals surface area contributed by atoms with E-state index in [1.54, 1.807) is 0 Å². The first-order valence-electron chi connectivity index (χ1n) is 4.60. The lowest BCUT2D eigenvalue weighted by molar-refractivity contribution is -0.170. The highest BCUT2D eigenvalue weighted by molar-refractivity contribution is 6.29. The summed E-state index contributed by atoms with van der Waals surface area (Å²) in [5, 5.41) is 1.74. The Labute approximate surface area is 97.2 Å². The first-order valence-corrected chi connectivity index (χ1v) is 4.98. The van der Waals surface area contributed by atoms with Gasteiger partial charge >= 0.3 is 6.18 Å². The molecule has 0 bridgehead atoms. The molecule has 0 fully saturated rings. The highest BCUT2D eigenvalue weighted by Gasteiger charge is 2.44. The van der Waals surface area contributed by atoms with Crippen LogP contribution in [-0.2, 0) is 0 Å². The van der Waals surface area contributed by atoms with Gasteiger partial charge < -0.3 is 5.32 Å². The number of nitrogens with zero attached hydrogens (tertiary/aromatic N) is 2. The average molecular weight is 272 g/mol. The fourth-order valence-electron chi connectivity index (χ4n) is 1.66. The summed E-state index contributed by atoms with van der Waals surface area (Å²) in [7, 11) is 0. The molecule has 1 N–H and O–H groups in total. The van der Waals surface area contributed by atoms with Crippen molar-refractivity contribution in [2.45, 2.75) is 18.6 Å². The van der Waals surface area contributed by atoms with E-state index in [1.165, 1.54) is 0 Å². The van der Waals surface area contributed by atoms with Gasteiger partial charge in [-0.05, 0) is 6.42 Å². The van der Waals surface area contributed by atoms with E-state index in [4.69, 9.17) is 11.6 Å². The Kier molecular flexibility index (Phi) is 2.76. The number of hydrogen-bond acceptors (Lipinski definition) is 3. The first-order chi connectivity index (χ1) is 7.82. The maximum Gasteiger partial charge on any atom is 0.409 e. The summed E-state index contributed by atoms with van der Waals surface area (Å²) in [6.45, 7) is -0.0153. The lowest BCUT2D eigenvalue weighted by Crippen LogP contribution is -2.42. The number of hydrogen-bond donors (Lipinski definition) is 1. The van der Waals surface area contributed by atoms with Crippen LogP contribution in [0.15, 0.2) is 4.79 Å². The van der Waals surface area contributed by atoms with Crippen molar-refractivity contribution in [1.29, 1.82) is 0 Å². The highest BCUT2D eigenvalue weighted by Crippen LogP contribution is 2.36. The van der Waals surface area contributed by atoms with Crippen molar-refractivity contribution in [3.63, 3.8) is 0 Å². The maximum atomic E-state index is 13.2. The van der Waals surface area contributed by atoms with Gasteiger partial charge in [0.15, 0.2) is 5.15 Å². The van der Waals surface area contributed by atoms with E-state index >= 15 is 0 Å². The van der Waals surface area contributed by atoms with Gasteiger partial charge in [0.1, 0.15) is 6.04 Å². The third-order valence-corrected chi connectivity index (χ3v) is 2.66. The van der Waals surface area contributed by atoms with Gasteiger partial charge in [0.25, 0.3) is 5.56 Å². The molecular weight excluding hydrogens is 266 g/mol. The van der Waals surface area contributed by atoms with Crippen LogP contribution in [0, 0.1) is 5.82 Å². The normalized spacial score (nSPS) is 19.7. The van der Waals surface area contributed by atoms with Gasteiger partial charge in [-0.25, -0.2) is 0 Å². The van der Waals surface area contributed by atoms with Crippen molar-refractivity contribution >= 4 is 17.5 Å². The Balaban J connectivity index is 2.66. The van der Waals surface area contributed by atoms with Gasteiger partial charge in [-0.15, -0.1) is 0 Å². The van der Waals surface area contributed by atoms with Crippen molar-refractivity contribution in [2.75, 3.05) is 11.9 Å². The van der Waals surface area contributed by atoms with E-state index in [1.807, 2.05) is 0 Å². The SMILES string of the molecule is O=c1c(F)c(Cl)nc2n1[C@@H](C(F)(F)F)CCN2. The van der Waals surface area contributed by atoms with E-state index in [0.29, 0.717) is 0 Å². The summed E-state index contributed by atoms with van der Waals surface area (Å²) in [5.41, 5.74) is -1.42. The molecule has 1 aliphatic heterocycles. The minimum Gasteiger partial charge on any atom is -0.355 e. The molecule has 0 unspecified atom stereocenters. The molecule has 0 saturated heterocycles. The lowest BCUT2D eigenvalue weighted by Gasteiger charge is -2.29. The van der Waals surface area contributed by atoms with E-state index in [-0.39, 0.29) is 23.5 Å². The zero-order chi connectivity index (χ0) is 12.8. The van der Waals surface area contributed by atoms with E-state index in [0.717, 1.165) is 0 Å². The molecule has 9 heteroatoms. The third-order valence-electron chi connectivity index (χ3n) is 2.41. The van der Waals surface area contributed by atoms with Crippen LogP contribution in [0.2, 0.25) is 5.15 Å². The summed E-state index contributed by atoms with van der Waals surface area (Å²) in [6.07, 6.45) is -5.00. The third kappa shape index (κ3) is 1.97. The summed E-state index contributed by atoms with van der Waals surface area (Å²) in [6, 6.07) is -2.08. The van der Waals surface area contributed by atoms with Crippen molar-refractivity contribution in [3.8, 4) is 0 Å². The molecule has 1 atom stereocenters. The predicted octanol–water partition coefficient (Wildman–Crippen LogP) is 1.95. The van der Waals surface area contributed by atoms with E-state index < -0.39 is 28.7 Å². The number of aromatic nitrogens is 2. The number of rotatable bonds is 0. The minimum atomic E-state index is -4.64. The molecule has 0 saturated carbocycles. The van der Waals surface area contributed by atoms with Crippen molar-refractivity contribution in [3.05, 3.63) is 21.3 Å². The Morgan fingerprint density at radius 1 is 1.47 bits per heavy atom. The highest BCUT2D eigenvalue weighted by atomic mass is 35.5. The maximum absolute atomic E-state index is 13.2. The fraction of sp³-hybridized carbons (Fsp3) is 0.500. The largest absolute Gasteiger partial charge is 0.409 e. The fourth-order valence-corrected chi connectivity index (χ4v) is 1.82. The molecule has 0 aliphatic carbocycles. The van der Waals surface area contributed by atoms with Gasteiger partial charge in [-0.3, -0.25) is 9.36 Å². The summed E-state index contributed by atoms with van der Waals surface area (Å²) in [4.78, 5) is 14.8. The molecule has 1 aromatic heterocycles. The van der Waals surface area contributed by atoms with Gasteiger partial charge in [0.2, 0.25) is 11.8 Å². The van der Waals surface area contributed by atoms with Crippen LogP contribution in [0.1, 0.15) is 12.5 Å². The zero-order valence-electron chi connectivity index (χ0n) is 8.18. The van der Waals surface area contributed by atoms with Crippen molar-refractivity contribution in [1.82, 2.24) is 9.55 Å². The Bertz CT molecular complexity index is 513. The molecule has 0 spiro atoms. The molecule has 0 aromatic carbocycles. The number of nitrogens with one attached hydrogen (secondary N) is 1. The summed E-state index contributed by atoms with van der Waals surface area (Å²) >= 11 is 5.29. The zero-order valence-corrected chi connectivity index (χ0v) is 8.94. The topological polar surface area (TPSA) is 46.9 Å². The molecule has 0 amide bonds. The Morgan fingerprint density at radius 3 is 2.71 bits per heavy atom. The quantitative estimate of drug-likeness (QED) is 0.579. The molecule has 94 valence electrons. The second-order valence-electron chi connectivity index (χ2n) is 3.49. The van der Waals surface area contributed by atoms with Crippen LogP contribution in [0.3, 0.4) is 0 Å². The lowest BCUT2D eigenvalue weighted by atomic mass is 10.1. The number of halogens is 5. The van der Waals surface area contributed by atoms with Gasteiger partial charge in [0, 0.05) is 6.54 Å². The van der Waals surface area contributed by atoms with Crippen LogP contribution in [0.25, 0.3) is 0 Å². The molecule has 1 aromatic rings.